The summed E-state index contributed by atoms with van der Waals surface area (Å²) in [5, 5.41) is 9.02. The predicted octanol–water partition coefficient (Wildman–Crippen LogP) is 3.00. The maximum atomic E-state index is 13.1. The van der Waals surface area contributed by atoms with Gasteiger partial charge in [0.25, 0.3) is 0 Å². The quantitative estimate of drug-likeness (QED) is 0.821. The molecule has 4 heteroatoms. The van der Waals surface area contributed by atoms with Crippen molar-refractivity contribution in [2.75, 3.05) is 5.75 Å². The number of carbonyl (C=O) groups is 1. The third-order valence-corrected chi connectivity index (χ3v) is 2.99. The van der Waals surface area contributed by atoms with E-state index in [0.717, 1.165) is 17.7 Å². The molecule has 0 saturated carbocycles. The molecule has 0 fully saturated rings. The number of hydrogen-bond donors (Lipinski definition) is 1. The monoisotopic (exact) mass is 254 g/mol. The Balaban J connectivity index is 2.50. The van der Waals surface area contributed by atoms with Crippen molar-refractivity contribution in [1.29, 1.82) is 0 Å². The van der Waals surface area contributed by atoms with Crippen LogP contribution in [0, 0.1) is 5.82 Å². The Hall–Kier alpha value is -1.13. The molecule has 0 amide bonds. The smallest absolute Gasteiger partial charge is 0.185 e. The number of carbonyl (C=O) groups excluding carboxylic acids is 1. The largest absolute Gasteiger partial charge is 0.392 e. The first-order chi connectivity index (χ1) is 8.13. The minimum atomic E-state index is -0.392. The number of hydrogen-bond acceptors (Lipinski definition) is 3. The van der Waals surface area contributed by atoms with Crippen molar-refractivity contribution >= 4 is 23.0 Å². The molecule has 0 unspecified atom stereocenters. The van der Waals surface area contributed by atoms with Crippen molar-refractivity contribution in [3.63, 3.8) is 0 Å². The van der Waals surface area contributed by atoms with Gasteiger partial charge in [-0.1, -0.05) is 30.0 Å². The lowest BCUT2D eigenvalue weighted by molar-refractivity contribution is -0.109. The summed E-state index contributed by atoms with van der Waals surface area (Å²) in [5.74, 6) is 0.358. The van der Waals surface area contributed by atoms with Crippen molar-refractivity contribution in [3.05, 3.63) is 41.2 Å². The maximum Gasteiger partial charge on any atom is 0.185 e. The van der Waals surface area contributed by atoms with Gasteiger partial charge >= 0.3 is 0 Å². The van der Waals surface area contributed by atoms with Gasteiger partial charge in [-0.15, -0.1) is 0 Å². The molecule has 0 aliphatic rings. The Labute approximate surface area is 105 Å². The van der Waals surface area contributed by atoms with Crippen LogP contribution in [-0.4, -0.2) is 16.0 Å². The highest BCUT2D eigenvalue weighted by molar-refractivity contribution is 8.13. The number of thioether (sulfide) groups is 1. The molecule has 0 atom stereocenters. The minimum absolute atomic E-state index is 0.114. The summed E-state index contributed by atoms with van der Waals surface area (Å²) in [5.41, 5.74) is 1.15. The van der Waals surface area contributed by atoms with Crippen LogP contribution in [0.1, 0.15) is 24.5 Å². The first-order valence-corrected chi connectivity index (χ1v) is 6.31. The molecule has 92 valence electrons. The molecule has 1 N–H and O–H groups in total. The molecule has 0 bridgehead atoms. The van der Waals surface area contributed by atoms with Crippen LogP contribution in [0.15, 0.2) is 24.3 Å². The van der Waals surface area contributed by atoms with Gasteiger partial charge in [0.2, 0.25) is 0 Å². The molecule has 0 radical (unpaired) electrons. The number of halogens is 1. The molecule has 0 aliphatic carbocycles. The van der Waals surface area contributed by atoms with E-state index in [1.807, 2.05) is 12.2 Å². The summed E-state index contributed by atoms with van der Waals surface area (Å²) < 4.78 is 13.1. The van der Waals surface area contributed by atoms with Gasteiger partial charge in [0.1, 0.15) is 5.82 Å². The maximum absolute atomic E-state index is 13.1. The van der Waals surface area contributed by atoms with Gasteiger partial charge in [-0.05, 0) is 24.1 Å². The van der Waals surface area contributed by atoms with E-state index in [-0.39, 0.29) is 11.7 Å². The summed E-state index contributed by atoms with van der Waals surface area (Å²) in [6.45, 7) is 1.25. The van der Waals surface area contributed by atoms with Crippen molar-refractivity contribution < 1.29 is 14.3 Å². The standard InChI is InChI=1S/C13H15FO2S/c1-10(16)17-7-3-2-4-11-5-6-13(14)12(8-11)9-15/h2,4-6,8,15H,3,7,9H2,1H3. The molecule has 0 saturated heterocycles. The molecule has 0 aromatic heterocycles. The van der Waals surface area contributed by atoms with Crippen molar-refractivity contribution in [1.82, 2.24) is 0 Å². The van der Waals surface area contributed by atoms with E-state index in [1.54, 1.807) is 19.1 Å². The van der Waals surface area contributed by atoms with Gasteiger partial charge in [-0.2, -0.15) is 0 Å². The molecule has 0 aliphatic heterocycles. The molecule has 0 spiro atoms. The summed E-state index contributed by atoms with van der Waals surface area (Å²) in [4.78, 5) is 10.7. The van der Waals surface area contributed by atoms with E-state index < -0.39 is 5.82 Å². The molecule has 17 heavy (non-hydrogen) atoms. The second kappa shape index (κ2) is 7.25. The van der Waals surface area contributed by atoms with E-state index in [2.05, 4.69) is 0 Å². The molecule has 0 heterocycles. The van der Waals surface area contributed by atoms with Gasteiger partial charge in [0.15, 0.2) is 5.12 Å². The first-order valence-electron chi connectivity index (χ1n) is 5.32. The van der Waals surface area contributed by atoms with E-state index in [0.29, 0.717) is 5.56 Å². The highest BCUT2D eigenvalue weighted by Gasteiger charge is 2.00. The van der Waals surface area contributed by atoms with E-state index in [4.69, 9.17) is 5.11 Å². The van der Waals surface area contributed by atoms with Gasteiger partial charge in [-0.25, -0.2) is 4.39 Å². The summed E-state index contributed by atoms with van der Waals surface area (Å²) in [6, 6.07) is 4.61. The Kier molecular flexibility index (Phi) is 5.94. The normalized spacial score (nSPS) is 11.0. The lowest BCUT2D eigenvalue weighted by Crippen LogP contribution is -1.90. The van der Waals surface area contributed by atoms with Crippen LogP contribution in [0.4, 0.5) is 4.39 Å². The number of aliphatic hydroxyl groups is 1. The lowest BCUT2D eigenvalue weighted by Gasteiger charge is -2.00. The zero-order valence-corrected chi connectivity index (χ0v) is 10.5. The van der Waals surface area contributed by atoms with Crippen LogP contribution in [0.5, 0.6) is 0 Å². The predicted molar refractivity (Wildman–Crippen MR) is 69.1 cm³/mol. The number of aliphatic hydroxyl groups excluding tert-OH is 1. The third-order valence-electron chi connectivity index (χ3n) is 2.14. The Morgan fingerprint density at radius 3 is 2.94 bits per heavy atom. The van der Waals surface area contributed by atoms with E-state index in [9.17, 15) is 9.18 Å². The number of benzene rings is 1. The SMILES string of the molecule is CC(=O)SCCC=Cc1ccc(F)c(CO)c1. The van der Waals surface area contributed by atoms with Gasteiger partial charge < -0.3 is 5.11 Å². The summed E-state index contributed by atoms with van der Waals surface area (Å²) in [7, 11) is 0. The van der Waals surface area contributed by atoms with Gasteiger partial charge in [0.05, 0.1) is 6.61 Å². The minimum Gasteiger partial charge on any atom is -0.392 e. The van der Waals surface area contributed by atoms with Crippen LogP contribution in [-0.2, 0) is 11.4 Å². The second-order valence-corrected chi connectivity index (χ2v) is 4.81. The van der Waals surface area contributed by atoms with Crippen LogP contribution >= 0.6 is 11.8 Å². The lowest BCUT2D eigenvalue weighted by atomic mass is 10.1. The average Bonchev–Trinajstić information content (AvgIpc) is 2.30. The highest BCUT2D eigenvalue weighted by atomic mass is 32.2. The highest BCUT2D eigenvalue weighted by Crippen LogP contribution is 2.12. The third kappa shape index (κ3) is 5.15. The molecular formula is C13H15FO2S. The molecular weight excluding hydrogens is 239 g/mol. The molecule has 2 nitrogen and oxygen atoms in total. The van der Waals surface area contributed by atoms with Crippen molar-refractivity contribution in [2.45, 2.75) is 20.0 Å². The molecule has 1 aromatic rings. The first kappa shape index (κ1) is 13.9. The number of rotatable bonds is 5. The topological polar surface area (TPSA) is 37.3 Å². The fourth-order valence-corrected chi connectivity index (χ4v) is 1.85. The average molecular weight is 254 g/mol. The Bertz CT molecular complexity index is 416. The van der Waals surface area contributed by atoms with Crippen LogP contribution in [0.2, 0.25) is 0 Å². The Morgan fingerprint density at radius 1 is 1.53 bits per heavy atom. The van der Waals surface area contributed by atoms with E-state index in [1.165, 1.54) is 17.8 Å². The second-order valence-electron chi connectivity index (χ2n) is 3.54. The van der Waals surface area contributed by atoms with Crippen molar-refractivity contribution in [3.8, 4) is 0 Å². The van der Waals surface area contributed by atoms with Gasteiger partial charge in [-0.3, -0.25) is 4.79 Å². The summed E-state index contributed by atoms with van der Waals surface area (Å²) >= 11 is 1.29. The van der Waals surface area contributed by atoms with Gasteiger partial charge in [0, 0.05) is 18.2 Å². The fourth-order valence-electron chi connectivity index (χ4n) is 1.31. The number of allylic oxidation sites excluding steroid dienone is 1. The zero-order chi connectivity index (χ0) is 12.7. The zero-order valence-electron chi connectivity index (χ0n) is 9.65. The van der Waals surface area contributed by atoms with E-state index >= 15 is 0 Å². The van der Waals surface area contributed by atoms with Crippen LogP contribution in [0.3, 0.4) is 0 Å². The molecule has 1 aromatic carbocycles. The van der Waals surface area contributed by atoms with Crippen LogP contribution < -0.4 is 0 Å². The Morgan fingerprint density at radius 2 is 2.29 bits per heavy atom. The summed E-state index contributed by atoms with van der Waals surface area (Å²) in [6.07, 6.45) is 4.58. The van der Waals surface area contributed by atoms with Crippen LogP contribution in [0.25, 0.3) is 6.08 Å². The molecule has 1 rings (SSSR count). The fraction of sp³-hybridized carbons (Fsp3) is 0.308. The van der Waals surface area contributed by atoms with Crippen molar-refractivity contribution in [2.24, 2.45) is 0 Å².